The van der Waals surface area contributed by atoms with Gasteiger partial charge in [0.2, 0.25) is 0 Å². The number of aliphatic hydroxyl groups is 1. The van der Waals surface area contributed by atoms with Crippen LogP contribution in [0.15, 0.2) is 48.8 Å². The molecule has 0 spiro atoms. The third-order valence-electron chi connectivity index (χ3n) is 7.30. The van der Waals surface area contributed by atoms with E-state index in [0.29, 0.717) is 41.7 Å². The predicted molar refractivity (Wildman–Crippen MR) is 139 cm³/mol. The molecule has 4 heterocycles. The van der Waals surface area contributed by atoms with Gasteiger partial charge >= 0.3 is 0 Å². The zero-order valence-electron chi connectivity index (χ0n) is 20.8. The van der Waals surface area contributed by atoms with Crippen LogP contribution in [-0.4, -0.2) is 50.5 Å². The summed E-state index contributed by atoms with van der Waals surface area (Å²) < 4.78 is 15.5. The number of fused-ring (bicyclic) bond motifs is 2. The first-order valence-electron chi connectivity index (χ1n) is 12.5. The van der Waals surface area contributed by atoms with Crippen molar-refractivity contribution >= 4 is 23.1 Å². The second kappa shape index (κ2) is 9.24. The molecule has 4 aromatic rings. The van der Waals surface area contributed by atoms with E-state index in [-0.39, 0.29) is 17.8 Å². The molecule has 0 unspecified atom stereocenters. The fourth-order valence-corrected chi connectivity index (χ4v) is 5.60. The zero-order valence-corrected chi connectivity index (χ0v) is 20.8. The minimum atomic E-state index is -0.345. The molecule has 0 bridgehead atoms. The number of imidazole rings is 1. The van der Waals surface area contributed by atoms with Crippen molar-refractivity contribution in [3.63, 3.8) is 0 Å². The fourth-order valence-electron chi connectivity index (χ4n) is 5.60. The zero-order chi connectivity index (χ0) is 25.7. The summed E-state index contributed by atoms with van der Waals surface area (Å²) in [5.74, 6) is 0.477. The maximum Gasteiger partial charge on any atom is 0.254 e. The van der Waals surface area contributed by atoms with Crippen LogP contribution in [0, 0.1) is 5.82 Å². The van der Waals surface area contributed by atoms with E-state index < -0.39 is 0 Å². The highest BCUT2D eigenvalue weighted by Gasteiger charge is 2.29. The van der Waals surface area contributed by atoms with Gasteiger partial charge in [0.25, 0.3) is 5.91 Å². The molecule has 9 heteroatoms. The molecule has 1 aliphatic heterocycles. The van der Waals surface area contributed by atoms with Crippen molar-refractivity contribution < 1.29 is 14.3 Å². The number of nitrogens with one attached hydrogen (secondary N) is 2. The number of carbonyl (C=O) groups is 1. The fraction of sp³-hybridized carbons (Fsp3) is 0.321. The van der Waals surface area contributed by atoms with E-state index in [1.807, 2.05) is 36.7 Å². The number of aromatic nitrogens is 3. The molecule has 3 aromatic heterocycles. The Bertz CT molecular complexity index is 1510. The average Bonchev–Trinajstić information content (AvgIpc) is 3.58. The van der Waals surface area contributed by atoms with Gasteiger partial charge in [-0.25, -0.2) is 14.4 Å². The highest BCUT2D eigenvalue weighted by atomic mass is 19.1. The van der Waals surface area contributed by atoms with Crippen molar-refractivity contribution in [2.45, 2.75) is 44.4 Å². The Hall–Kier alpha value is -3.82. The highest BCUT2D eigenvalue weighted by Crippen LogP contribution is 2.38. The van der Waals surface area contributed by atoms with Crippen LogP contribution in [0.2, 0.25) is 0 Å². The van der Waals surface area contributed by atoms with E-state index in [0.717, 1.165) is 41.8 Å². The number of hydrogen-bond donors (Lipinski definition) is 3. The molecule has 8 nitrogen and oxygen atoms in total. The van der Waals surface area contributed by atoms with Crippen LogP contribution >= 0.6 is 0 Å². The molecule has 6 rings (SSSR count). The molecule has 1 aliphatic carbocycles. The van der Waals surface area contributed by atoms with Crippen LogP contribution in [0.1, 0.15) is 52.4 Å². The van der Waals surface area contributed by atoms with Gasteiger partial charge < -0.3 is 20.6 Å². The third kappa shape index (κ3) is 4.34. The average molecular weight is 501 g/mol. The van der Waals surface area contributed by atoms with Gasteiger partial charge in [-0.15, -0.1) is 0 Å². The molecule has 0 saturated heterocycles. The van der Waals surface area contributed by atoms with Gasteiger partial charge in [-0.3, -0.25) is 9.20 Å². The largest absolute Gasteiger partial charge is 0.393 e. The molecule has 1 amide bonds. The first-order chi connectivity index (χ1) is 17.9. The first-order valence-corrected chi connectivity index (χ1v) is 12.5. The van der Waals surface area contributed by atoms with Crippen molar-refractivity contribution in [1.82, 2.24) is 24.6 Å². The normalized spacial score (nSPS) is 19.0. The maximum absolute atomic E-state index is 13.7. The van der Waals surface area contributed by atoms with Gasteiger partial charge in [0.1, 0.15) is 17.3 Å². The van der Waals surface area contributed by atoms with Crippen LogP contribution in [0.3, 0.4) is 0 Å². The number of halogens is 1. The molecular weight excluding hydrogens is 471 g/mol. The molecule has 190 valence electrons. The van der Waals surface area contributed by atoms with Crippen molar-refractivity contribution in [3.8, 4) is 11.3 Å². The predicted octanol–water partition coefficient (Wildman–Crippen LogP) is 4.21. The molecule has 2 atom stereocenters. The Balaban J connectivity index is 1.37. The van der Waals surface area contributed by atoms with Crippen LogP contribution < -0.4 is 10.6 Å². The lowest BCUT2D eigenvalue weighted by Crippen LogP contribution is -2.16. The Morgan fingerprint density at radius 1 is 1.22 bits per heavy atom. The van der Waals surface area contributed by atoms with E-state index in [9.17, 15) is 14.3 Å². The summed E-state index contributed by atoms with van der Waals surface area (Å²) in [5.41, 5.74) is 6.46. The van der Waals surface area contributed by atoms with Crippen molar-refractivity contribution in [2.24, 2.45) is 0 Å². The standard InChI is InChI=1S/C28H29FN6O2/c1-34(2)15-23-19(16-3-4-18(36)11-16)6-8-25(33-23)32-22-7-5-20(21-13-31-28(37)27(21)22)24-14-30-26-12-17(29)9-10-35(24)26/h5-10,12,14,16,18,36H,3-4,11,13,15H2,1-2H3,(H,31,37)(H,32,33)/t16-,18-/m0/s1. The maximum atomic E-state index is 13.7. The SMILES string of the molecule is CN(C)Cc1nc(Nc2ccc(-c3cnc4cc(F)ccn34)c3c2C(=O)NC3)ccc1[C@H]1CC[C@H](O)C1. The Labute approximate surface area is 214 Å². The summed E-state index contributed by atoms with van der Waals surface area (Å²) in [6, 6.07) is 10.7. The molecule has 1 fully saturated rings. The lowest BCUT2D eigenvalue weighted by Gasteiger charge is -2.19. The van der Waals surface area contributed by atoms with Crippen molar-refractivity contribution in [1.29, 1.82) is 0 Å². The number of aliphatic hydroxyl groups excluding tert-OH is 1. The molecule has 0 radical (unpaired) electrons. The minimum absolute atomic E-state index is 0.149. The Morgan fingerprint density at radius 2 is 2.08 bits per heavy atom. The molecule has 1 saturated carbocycles. The van der Waals surface area contributed by atoms with Crippen LogP contribution in [0.4, 0.5) is 15.9 Å². The summed E-state index contributed by atoms with van der Waals surface area (Å²) in [6.07, 6.45) is 5.65. The molecule has 1 aromatic carbocycles. The van der Waals surface area contributed by atoms with Crippen molar-refractivity contribution in [2.75, 3.05) is 19.4 Å². The van der Waals surface area contributed by atoms with Crippen LogP contribution in [0.5, 0.6) is 0 Å². The van der Waals surface area contributed by atoms with Crippen LogP contribution in [0.25, 0.3) is 16.9 Å². The number of benzene rings is 1. The van der Waals surface area contributed by atoms with E-state index in [2.05, 4.69) is 26.6 Å². The summed E-state index contributed by atoms with van der Waals surface area (Å²) >= 11 is 0. The van der Waals surface area contributed by atoms with E-state index in [4.69, 9.17) is 4.98 Å². The molecular formula is C28H29FN6O2. The van der Waals surface area contributed by atoms with E-state index >= 15 is 0 Å². The number of rotatable bonds is 6. The van der Waals surface area contributed by atoms with Gasteiger partial charge in [-0.2, -0.15) is 0 Å². The second-order valence-electron chi connectivity index (χ2n) is 10.2. The van der Waals surface area contributed by atoms with Crippen molar-refractivity contribution in [3.05, 3.63) is 77.0 Å². The molecule has 37 heavy (non-hydrogen) atoms. The summed E-state index contributed by atoms with van der Waals surface area (Å²) in [4.78, 5) is 24.3. The lowest BCUT2D eigenvalue weighted by molar-refractivity contribution is 0.0966. The number of pyridine rings is 2. The number of carbonyl (C=O) groups excluding carboxylic acids is 1. The highest BCUT2D eigenvalue weighted by molar-refractivity contribution is 6.06. The second-order valence-corrected chi connectivity index (χ2v) is 10.2. The number of hydrogen-bond acceptors (Lipinski definition) is 6. The molecule has 2 aliphatic rings. The summed E-state index contributed by atoms with van der Waals surface area (Å²) in [6.45, 7) is 1.08. The third-order valence-corrected chi connectivity index (χ3v) is 7.30. The van der Waals surface area contributed by atoms with E-state index in [1.165, 1.54) is 17.7 Å². The van der Waals surface area contributed by atoms with Gasteiger partial charge in [0, 0.05) is 30.9 Å². The Morgan fingerprint density at radius 3 is 2.86 bits per heavy atom. The summed E-state index contributed by atoms with van der Waals surface area (Å²) in [7, 11) is 4.03. The number of anilines is 2. The van der Waals surface area contributed by atoms with Crippen LogP contribution in [-0.2, 0) is 13.1 Å². The van der Waals surface area contributed by atoms with Gasteiger partial charge in [-0.05, 0) is 68.6 Å². The van der Waals surface area contributed by atoms with Gasteiger partial charge in [-0.1, -0.05) is 12.1 Å². The monoisotopic (exact) mass is 500 g/mol. The minimum Gasteiger partial charge on any atom is -0.393 e. The summed E-state index contributed by atoms with van der Waals surface area (Å²) in [5, 5.41) is 16.4. The number of nitrogens with zero attached hydrogens (tertiary/aromatic N) is 4. The molecule has 3 N–H and O–H groups in total. The quantitative estimate of drug-likeness (QED) is 0.367. The lowest BCUT2D eigenvalue weighted by atomic mass is 9.95. The van der Waals surface area contributed by atoms with E-state index in [1.54, 1.807) is 12.4 Å². The smallest absolute Gasteiger partial charge is 0.254 e. The Kier molecular flexibility index (Phi) is 5.89. The first kappa shape index (κ1) is 23.6. The van der Waals surface area contributed by atoms with Gasteiger partial charge in [0.05, 0.1) is 34.9 Å². The topological polar surface area (TPSA) is 94.8 Å². The van der Waals surface area contributed by atoms with Gasteiger partial charge in [0.15, 0.2) is 0 Å². The number of amides is 1.